The molecular formula is C12H8F5NOS. The summed E-state index contributed by atoms with van der Waals surface area (Å²) in [6.45, 7) is 0. The average Bonchev–Trinajstić information content (AvgIpc) is 2.91. The highest BCUT2D eigenvalue weighted by atomic mass is 32.1. The van der Waals surface area contributed by atoms with Crippen LogP contribution in [0.3, 0.4) is 0 Å². The zero-order valence-electron chi connectivity index (χ0n) is 9.73. The Kier molecular flexibility index (Phi) is 3.55. The Morgan fingerprint density at radius 3 is 2.20 bits per heavy atom. The molecule has 2 heterocycles. The van der Waals surface area contributed by atoms with E-state index in [1.54, 1.807) is 0 Å². The van der Waals surface area contributed by atoms with Gasteiger partial charge in [0.25, 0.3) is 0 Å². The fourth-order valence-corrected chi connectivity index (χ4v) is 2.48. The first-order valence-corrected chi connectivity index (χ1v) is 6.25. The van der Waals surface area contributed by atoms with Crippen LogP contribution in [0.15, 0.2) is 41.4 Å². The fraction of sp³-hybridized carbons (Fsp3) is 0.250. The normalized spacial score (nSPS) is 15.9. The molecule has 0 saturated carbocycles. The Hall–Kier alpha value is -1.54. The summed E-state index contributed by atoms with van der Waals surface area (Å²) in [6.07, 6.45) is -3.90. The zero-order valence-corrected chi connectivity index (χ0v) is 10.6. The van der Waals surface area contributed by atoms with E-state index in [0.29, 0.717) is 0 Å². The first-order valence-electron chi connectivity index (χ1n) is 5.31. The maximum atomic E-state index is 13.8. The fourth-order valence-electron chi connectivity index (χ4n) is 1.78. The van der Waals surface area contributed by atoms with Crippen LogP contribution in [0.2, 0.25) is 0 Å². The monoisotopic (exact) mass is 309 g/mol. The molecule has 0 spiro atoms. The molecule has 0 aliphatic rings. The van der Waals surface area contributed by atoms with Crippen molar-refractivity contribution in [2.45, 2.75) is 17.7 Å². The van der Waals surface area contributed by atoms with Gasteiger partial charge >= 0.3 is 12.1 Å². The van der Waals surface area contributed by atoms with Crippen molar-refractivity contribution in [3.05, 3.63) is 52.5 Å². The van der Waals surface area contributed by atoms with Gasteiger partial charge in [0.05, 0.1) is 0 Å². The van der Waals surface area contributed by atoms with Gasteiger partial charge in [-0.3, -0.25) is 4.98 Å². The minimum atomic E-state index is -5.90. The highest BCUT2D eigenvalue weighted by Gasteiger charge is 2.71. The zero-order chi connectivity index (χ0) is 15.0. The summed E-state index contributed by atoms with van der Waals surface area (Å²) in [6, 6.07) is 3.18. The van der Waals surface area contributed by atoms with Crippen LogP contribution in [-0.2, 0) is 5.60 Å². The molecule has 1 unspecified atom stereocenters. The number of thiophene rings is 1. The minimum Gasteiger partial charge on any atom is -0.374 e. The summed E-state index contributed by atoms with van der Waals surface area (Å²) in [5.74, 6) is -5.36. The van der Waals surface area contributed by atoms with Gasteiger partial charge in [0.2, 0.25) is 0 Å². The summed E-state index contributed by atoms with van der Waals surface area (Å²) in [5.41, 5.74) is -4.67. The van der Waals surface area contributed by atoms with Gasteiger partial charge in [-0.15, -0.1) is 0 Å². The highest BCUT2D eigenvalue weighted by molar-refractivity contribution is 7.08. The van der Waals surface area contributed by atoms with E-state index in [4.69, 9.17) is 0 Å². The van der Waals surface area contributed by atoms with Crippen molar-refractivity contribution in [3.63, 3.8) is 0 Å². The first kappa shape index (κ1) is 14.9. The maximum Gasteiger partial charge on any atom is 0.457 e. The van der Waals surface area contributed by atoms with Crippen LogP contribution in [-0.4, -0.2) is 22.2 Å². The number of aromatic nitrogens is 1. The third kappa shape index (κ3) is 2.08. The van der Waals surface area contributed by atoms with Gasteiger partial charge < -0.3 is 5.11 Å². The molecule has 2 nitrogen and oxygen atoms in total. The Labute approximate surface area is 114 Å². The van der Waals surface area contributed by atoms with Crippen molar-refractivity contribution in [3.8, 4) is 0 Å². The standard InChI is InChI=1S/C12H8F5NOS/c13-11(14,12(15,16)17)10(19,9-3-5-20-7-9)8-2-1-4-18-6-8/h1-7,19H. The molecule has 0 bridgehead atoms. The smallest absolute Gasteiger partial charge is 0.374 e. The van der Waals surface area contributed by atoms with Crippen LogP contribution >= 0.6 is 11.3 Å². The Balaban J connectivity index is 2.69. The molecule has 0 radical (unpaired) electrons. The highest BCUT2D eigenvalue weighted by Crippen LogP contribution is 2.51. The van der Waals surface area contributed by atoms with Gasteiger partial charge in [0.15, 0.2) is 5.60 Å². The van der Waals surface area contributed by atoms with E-state index in [-0.39, 0.29) is 0 Å². The lowest BCUT2D eigenvalue weighted by Crippen LogP contribution is -2.55. The first-order chi connectivity index (χ1) is 9.21. The van der Waals surface area contributed by atoms with Gasteiger partial charge in [-0.1, -0.05) is 6.07 Å². The molecule has 1 atom stereocenters. The summed E-state index contributed by atoms with van der Waals surface area (Å²) in [5, 5.41) is 12.6. The van der Waals surface area contributed by atoms with Crippen molar-refractivity contribution < 1.29 is 27.1 Å². The second kappa shape index (κ2) is 4.78. The van der Waals surface area contributed by atoms with E-state index in [9.17, 15) is 27.1 Å². The lowest BCUT2D eigenvalue weighted by molar-refractivity contribution is -0.336. The summed E-state index contributed by atoms with van der Waals surface area (Å²) in [4.78, 5) is 3.50. The molecule has 2 aromatic rings. The minimum absolute atomic E-state index is 0.530. The van der Waals surface area contributed by atoms with E-state index in [1.807, 2.05) is 0 Å². The molecule has 0 amide bonds. The topological polar surface area (TPSA) is 33.1 Å². The maximum absolute atomic E-state index is 13.8. The van der Waals surface area contributed by atoms with Gasteiger partial charge in [-0.2, -0.15) is 33.3 Å². The number of halogens is 5. The summed E-state index contributed by atoms with van der Waals surface area (Å²) < 4.78 is 65.7. The molecule has 0 aliphatic heterocycles. The van der Waals surface area contributed by atoms with Crippen LogP contribution in [0.1, 0.15) is 11.1 Å². The van der Waals surface area contributed by atoms with Crippen molar-refractivity contribution in [1.29, 1.82) is 0 Å². The van der Waals surface area contributed by atoms with Gasteiger partial charge in [-0.05, 0) is 22.9 Å². The lowest BCUT2D eigenvalue weighted by Gasteiger charge is -2.36. The van der Waals surface area contributed by atoms with Crippen LogP contribution in [0.4, 0.5) is 22.0 Å². The molecular weight excluding hydrogens is 301 g/mol. The molecule has 0 aliphatic carbocycles. The van der Waals surface area contributed by atoms with Crippen LogP contribution < -0.4 is 0 Å². The number of rotatable bonds is 3. The Morgan fingerprint density at radius 2 is 1.75 bits per heavy atom. The van der Waals surface area contributed by atoms with E-state index in [0.717, 1.165) is 35.0 Å². The number of hydrogen-bond donors (Lipinski definition) is 1. The van der Waals surface area contributed by atoms with Crippen molar-refractivity contribution in [2.75, 3.05) is 0 Å². The van der Waals surface area contributed by atoms with E-state index >= 15 is 0 Å². The molecule has 1 N–H and O–H groups in total. The van der Waals surface area contributed by atoms with Gasteiger partial charge in [0, 0.05) is 23.5 Å². The molecule has 108 valence electrons. The molecule has 0 saturated heterocycles. The Bertz CT molecular complexity index is 569. The van der Waals surface area contributed by atoms with Crippen molar-refractivity contribution in [2.24, 2.45) is 0 Å². The predicted molar refractivity (Wildman–Crippen MR) is 62.6 cm³/mol. The SMILES string of the molecule is OC(c1cccnc1)(c1ccsc1)C(F)(F)C(F)(F)F. The van der Waals surface area contributed by atoms with E-state index in [1.165, 1.54) is 17.6 Å². The van der Waals surface area contributed by atoms with Crippen LogP contribution in [0.5, 0.6) is 0 Å². The Morgan fingerprint density at radius 1 is 1.05 bits per heavy atom. The molecule has 2 aromatic heterocycles. The summed E-state index contributed by atoms with van der Waals surface area (Å²) in [7, 11) is 0. The van der Waals surface area contributed by atoms with E-state index in [2.05, 4.69) is 4.98 Å². The third-order valence-corrected chi connectivity index (χ3v) is 3.51. The molecule has 8 heteroatoms. The number of nitrogens with zero attached hydrogens (tertiary/aromatic N) is 1. The number of alkyl halides is 5. The molecule has 20 heavy (non-hydrogen) atoms. The summed E-state index contributed by atoms with van der Waals surface area (Å²) >= 11 is 0.907. The van der Waals surface area contributed by atoms with Crippen molar-refractivity contribution >= 4 is 11.3 Å². The number of hydrogen-bond acceptors (Lipinski definition) is 3. The lowest BCUT2D eigenvalue weighted by atomic mass is 9.82. The van der Waals surface area contributed by atoms with Crippen LogP contribution in [0.25, 0.3) is 0 Å². The number of pyridine rings is 1. The predicted octanol–water partition coefficient (Wildman–Crippen LogP) is 3.58. The number of aliphatic hydroxyl groups is 1. The van der Waals surface area contributed by atoms with Gasteiger partial charge in [0.1, 0.15) is 0 Å². The average molecular weight is 309 g/mol. The quantitative estimate of drug-likeness (QED) is 0.879. The second-order valence-electron chi connectivity index (χ2n) is 4.04. The van der Waals surface area contributed by atoms with Crippen LogP contribution in [0, 0.1) is 0 Å². The molecule has 0 fully saturated rings. The van der Waals surface area contributed by atoms with Crippen molar-refractivity contribution in [1.82, 2.24) is 4.98 Å². The molecule has 2 rings (SSSR count). The van der Waals surface area contributed by atoms with E-state index < -0.39 is 28.8 Å². The molecule has 0 aromatic carbocycles. The van der Waals surface area contributed by atoms with Gasteiger partial charge in [-0.25, -0.2) is 0 Å². The third-order valence-electron chi connectivity index (χ3n) is 2.83. The largest absolute Gasteiger partial charge is 0.457 e. The second-order valence-corrected chi connectivity index (χ2v) is 4.82.